The second-order valence-corrected chi connectivity index (χ2v) is 5.32. The fourth-order valence-electron chi connectivity index (χ4n) is 2.27. The topological polar surface area (TPSA) is 52.6 Å². The van der Waals surface area contributed by atoms with E-state index in [1.54, 1.807) is 0 Å². The van der Waals surface area contributed by atoms with Gasteiger partial charge in [0.1, 0.15) is 0 Å². The van der Waals surface area contributed by atoms with Crippen molar-refractivity contribution in [2.24, 2.45) is 0 Å². The lowest BCUT2D eigenvalue weighted by atomic mass is 9.89. The van der Waals surface area contributed by atoms with Gasteiger partial charge in [0.2, 0.25) is 5.91 Å². The van der Waals surface area contributed by atoms with Crippen LogP contribution >= 0.6 is 0 Å². The maximum atomic E-state index is 12.5. The third-order valence-electron chi connectivity index (χ3n) is 3.49. The second-order valence-electron chi connectivity index (χ2n) is 5.32. The van der Waals surface area contributed by atoms with Crippen molar-refractivity contribution in [1.29, 1.82) is 0 Å². The Kier molecular flexibility index (Phi) is 5.40. The normalized spacial score (nSPS) is 16.7. The van der Waals surface area contributed by atoms with E-state index in [0.29, 0.717) is 19.0 Å². The number of nitrogens with zero attached hydrogens (tertiary/aromatic N) is 1. The third-order valence-corrected chi connectivity index (χ3v) is 3.49. The molecular formula is C13H26N2O2. The van der Waals surface area contributed by atoms with Gasteiger partial charge in [0.15, 0.2) is 0 Å². The third kappa shape index (κ3) is 3.68. The Labute approximate surface area is 104 Å². The number of carbonyl (C=O) groups is 1. The summed E-state index contributed by atoms with van der Waals surface area (Å²) < 4.78 is 0. The summed E-state index contributed by atoms with van der Waals surface area (Å²) in [5, 5.41) is 12.1. The molecule has 1 amide bonds. The number of carbonyl (C=O) groups excluding carboxylic acids is 1. The molecule has 0 saturated heterocycles. The summed E-state index contributed by atoms with van der Waals surface area (Å²) >= 11 is 0. The highest BCUT2D eigenvalue weighted by Gasteiger charge is 2.36. The van der Waals surface area contributed by atoms with Crippen LogP contribution in [0.4, 0.5) is 0 Å². The van der Waals surface area contributed by atoms with Crippen molar-refractivity contribution >= 4 is 5.91 Å². The van der Waals surface area contributed by atoms with Crippen molar-refractivity contribution in [2.45, 2.75) is 58.0 Å². The molecule has 100 valence electrons. The Morgan fingerprint density at radius 1 is 1.47 bits per heavy atom. The van der Waals surface area contributed by atoms with Crippen LogP contribution in [0.1, 0.15) is 46.5 Å². The number of hydrogen-bond acceptors (Lipinski definition) is 3. The highest BCUT2D eigenvalue weighted by atomic mass is 16.3. The molecule has 0 radical (unpaired) electrons. The fraction of sp³-hybridized carbons (Fsp3) is 0.923. The van der Waals surface area contributed by atoms with Crippen LogP contribution in [0.2, 0.25) is 0 Å². The first-order valence-corrected chi connectivity index (χ1v) is 6.70. The van der Waals surface area contributed by atoms with Crippen molar-refractivity contribution < 1.29 is 9.90 Å². The summed E-state index contributed by atoms with van der Waals surface area (Å²) in [6.07, 6.45) is 4.11. The summed E-state index contributed by atoms with van der Waals surface area (Å²) in [6.45, 7) is 7.49. The highest BCUT2D eigenvalue weighted by molar-refractivity contribution is 5.85. The average molecular weight is 242 g/mol. The molecule has 1 rings (SSSR count). The molecule has 0 aromatic rings. The van der Waals surface area contributed by atoms with Crippen LogP contribution in [0, 0.1) is 0 Å². The Morgan fingerprint density at radius 3 is 2.53 bits per heavy atom. The van der Waals surface area contributed by atoms with Crippen molar-refractivity contribution in [2.75, 3.05) is 19.7 Å². The quantitative estimate of drug-likeness (QED) is 0.704. The van der Waals surface area contributed by atoms with E-state index in [1.807, 2.05) is 25.7 Å². The first kappa shape index (κ1) is 14.5. The van der Waals surface area contributed by atoms with Gasteiger partial charge in [-0.1, -0.05) is 6.92 Å². The van der Waals surface area contributed by atoms with Crippen LogP contribution in [0.3, 0.4) is 0 Å². The van der Waals surface area contributed by atoms with E-state index in [4.69, 9.17) is 5.11 Å². The molecule has 2 N–H and O–H groups in total. The fourth-order valence-corrected chi connectivity index (χ4v) is 2.27. The van der Waals surface area contributed by atoms with Crippen LogP contribution < -0.4 is 5.32 Å². The zero-order chi connectivity index (χ0) is 12.9. The monoisotopic (exact) mass is 242 g/mol. The molecule has 1 saturated carbocycles. The van der Waals surface area contributed by atoms with E-state index in [-0.39, 0.29) is 12.5 Å². The molecular weight excluding hydrogens is 216 g/mol. The number of rotatable bonds is 7. The van der Waals surface area contributed by atoms with Gasteiger partial charge in [-0.3, -0.25) is 4.79 Å². The molecule has 1 aliphatic carbocycles. The van der Waals surface area contributed by atoms with Gasteiger partial charge in [-0.05, 0) is 46.1 Å². The van der Waals surface area contributed by atoms with Crippen molar-refractivity contribution in [3.05, 3.63) is 0 Å². The predicted octanol–water partition coefficient (Wildman–Crippen LogP) is 1.14. The van der Waals surface area contributed by atoms with Crippen LogP contribution in [0.15, 0.2) is 0 Å². The lowest BCUT2D eigenvalue weighted by Gasteiger charge is -2.41. The van der Waals surface area contributed by atoms with E-state index < -0.39 is 5.54 Å². The standard InChI is InChI=1S/C13H26N2O2/c1-4-14-13(2,3)12(17)15(9-6-10-16)11-7-5-8-11/h11,14,16H,4-10H2,1-3H3. The molecule has 0 unspecified atom stereocenters. The van der Waals surface area contributed by atoms with Gasteiger partial charge >= 0.3 is 0 Å². The number of aliphatic hydroxyl groups excluding tert-OH is 1. The minimum atomic E-state index is -0.500. The van der Waals surface area contributed by atoms with Gasteiger partial charge < -0.3 is 15.3 Å². The van der Waals surface area contributed by atoms with E-state index in [2.05, 4.69) is 5.32 Å². The number of hydrogen-bond donors (Lipinski definition) is 2. The van der Waals surface area contributed by atoms with E-state index in [1.165, 1.54) is 6.42 Å². The zero-order valence-electron chi connectivity index (χ0n) is 11.3. The minimum absolute atomic E-state index is 0.151. The van der Waals surface area contributed by atoms with Gasteiger partial charge in [0.25, 0.3) is 0 Å². The highest BCUT2D eigenvalue weighted by Crippen LogP contribution is 2.27. The lowest BCUT2D eigenvalue weighted by Crippen LogP contribution is -2.58. The SMILES string of the molecule is CCNC(C)(C)C(=O)N(CCCO)C1CCC1. The summed E-state index contributed by atoms with van der Waals surface area (Å²) in [4.78, 5) is 14.4. The number of amides is 1. The summed E-state index contributed by atoms with van der Waals surface area (Å²) in [7, 11) is 0. The van der Waals surface area contributed by atoms with Crippen LogP contribution in [-0.2, 0) is 4.79 Å². The van der Waals surface area contributed by atoms with Gasteiger partial charge in [-0.25, -0.2) is 0 Å². The van der Waals surface area contributed by atoms with Gasteiger partial charge in [0, 0.05) is 19.2 Å². The van der Waals surface area contributed by atoms with Gasteiger partial charge in [-0.2, -0.15) is 0 Å². The molecule has 0 aromatic heterocycles. The maximum Gasteiger partial charge on any atom is 0.242 e. The van der Waals surface area contributed by atoms with Crippen LogP contribution in [0.25, 0.3) is 0 Å². The van der Waals surface area contributed by atoms with E-state index in [9.17, 15) is 4.79 Å². The molecule has 0 bridgehead atoms. The van der Waals surface area contributed by atoms with Crippen LogP contribution in [-0.4, -0.2) is 47.2 Å². The number of aliphatic hydroxyl groups is 1. The van der Waals surface area contributed by atoms with Crippen molar-refractivity contribution in [3.8, 4) is 0 Å². The number of likely N-dealkylation sites (N-methyl/N-ethyl adjacent to an activating group) is 1. The molecule has 0 spiro atoms. The minimum Gasteiger partial charge on any atom is -0.396 e. The summed E-state index contributed by atoms with van der Waals surface area (Å²) in [5.74, 6) is 0.164. The van der Waals surface area contributed by atoms with E-state index in [0.717, 1.165) is 19.4 Å². The molecule has 0 heterocycles. The Bertz CT molecular complexity index is 250. The van der Waals surface area contributed by atoms with Crippen LogP contribution in [0.5, 0.6) is 0 Å². The molecule has 0 atom stereocenters. The van der Waals surface area contributed by atoms with Crippen molar-refractivity contribution in [3.63, 3.8) is 0 Å². The average Bonchev–Trinajstić information content (AvgIpc) is 2.20. The zero-order valence-corrected chi connectivity index (χ0v) is 11.3. The smallest absolute Gasteiger partial charge is 0.242 e. The Balaban J connectivity index is 2.64. The Hall–Kier alpha value is -0.610. The van der Waals surface area contributed by atoms with Crippen molar-refractivity contribution in [1.82, 2.24) is 10.2 Å². The lowest BCUT2D eigenvalue weighted by molar-refractivity contribution is -0.141. The molecule has 4 nitrogen and oxygen atoms in total. The predicted molar refractivity (Wildman–Crippen MR) is 68.8 cm³/mol. The molecule has 1 fully saturated rings. The molecule has 1 aliphatic rings. The molecule has 0 aromatic carbocycles. The Morgan fingerprint density at radius 2 is 2.12 bits per heavy atom. The van der Waals surface area contributed by atoms with Gasteiger partial charge in [0.05, 0.1) is 5.54 Å². The summed E-state index contributed by atoms with van der Waals surface area (Å²) in [5.41, 5.74) is -0.500. The molecule has 4 heteroatoms. The first-order chi connectivity index (χ1) is 8.03. The molecule has 17 heavy (non-hydrogen) atoms. The summed E-state index contributed by atoms with van der Waals surface area (Å²) in [6, 6.07) is 0.395. The largest absolute Gasteiger partial charge is 0.396 e. The second kappa shape index (κ2) is 6.36. The first-order valence-electron chi connectivity index (χ1n) is 6.70. The number of nitrogens with one attached hydrogen (secondary N) is 1. The van der Waals surface area contributed by atoms with E-state index >= 15 is 0 Å². The maximum absolute atomic E-state index is 12.5. The van der Waals surface area contributed by atoms with Gasteiger partial charge in [-0.15, -0.1) is 0 Å². The molecule has 0 aliphatic heterocycles.